The summed E-state index contributed by atoms with van der Waals surface area (Å²) in [6.07, 6.45) is 1.88. The maximum atomic E-state index is 13.0. The average molecular weight is 447 g/mol. The summed E-state index contributed by atoms with van der Waals surface area (Å²) in [5.74, 6) is 0.0551. The highest BCUT2D eigenvalue weighted by Gasteiger charge is 2.27. The second kappa shape index (κ2) is 10.5. The molecule has 0 radical (unpaired) electrons. The van der Waals surface area contributed by atoms with E-state index >= 15 is 0 Å². The largest absolute Gasteiger partial charge is 0.336 e. The van der Waals surface area contributed by atoms with Crippen LogP contribution < -0.4 is 5.32 Å². The number of nitrogens with one attached hydrogen (secondary N) is 2. The molecule has 0 bridgehead atoms. The zero-order valence-corrected chi connectivity index (χ0v) is 18.0. The van der Waals surface area contributed by atoms with Gasteiger partial charge < -0.3 is 10.2 Å². The third-order valence-electron chi connectivity index (χ3n) is 5.20. The van der Waals surface area contributed by atoms with Crippen molar-refractivity contribution in [3.8, 4) is 0 Å². The highest BCUT2D eigenvalue weighted by atomic mass is 35.5. The molecule has 1 aromatic heterocycles. The Morgan fingerprint density at radius 2 is 1.89 bits per heavy atom. The van der Waals surface area contributed by atoms with Gasteiger partial charge in [0, 0.05) is 68.5 Å². The summed E-state index contributed by atoms with van der Waals surface area (Å²) in [7, 11) is 0. The van der Waals surface area contributed by atoms with Crippen LogP contribution in [0.5, 0.6) is 0 Å². The molecule has 2 aromatic rings. The molecular weight excluding hydrogens is 421 g/mol. The van der Waals surface area contributed by atoms with E-state index in [1.807, 2.05) is 17.0 Å². The number of fused-ring (bicyclic) bond motifs is 1. The number of nitrogens with zero attached hydrogens (tertiary/aromatic N) is 3. The number of carbonyl (C=O) groups excluding carboxylic acids is 1. The topological polar surface area (TPSA) is 64.3 Å². The molecule has 1 aromatic carbocycles. The van der Waals surface area contributed by atoms with Crippen molar-refractivity contribution in [3.05, 3.63) is 51.8 Å². The standard InChI is InChI=1S/C19H24ClN5O.2ClH/c20-15-4-2-14(3-5-15)13-24-8-1-9-25(11-10-24)19(26)18-16-12-21-7-6-17(16)22-23-18;;/h2-5,21H,1,6-13H2,(H,22,23);2*1H. The van der Waals surface area contributed by atoms with Crippen LogP contribution in [-0.4, -0.2) is 58.6 Å². The number of aromatic nitrogens is 2. The van der Waals surface area contributed by atoms with Crippen molar-refractivity contribution in [1.82, 2.24) is 25.3 Å². The molecule has 1 fully saturated rings. The number of rotatable bonds is 3. The van der Waals surface area contributed by atoms with Gasteiger partial charge in [-0.05, 0) is 24.1 Å². The molecule has 9 heteroatoms. The van der Waals surface area contributed by atoms with Crippen LogP contribution in [0.2, 0.25) is 5.02 Å². The number of amides is 1. The first-order valence-electron chi connectivity index (χ1n) is 9.23. The molecule has 0 saturated carbocycles. The lowest BCUT2D eigenvalue weighted by Gasteiger charge is -2.22. The lowest BCUT2D eigenvalue weighted by atomic mass is 10.1. The third-order valence-corrected chi connectivity index (χ3v) is 5.46. The lowest BCUT2D eigenvalue weighted by Crippen LogP contribution is -2.36. The minimum atomic E-state index is 0. The van der Waals surface area contributed by atoms with Crippen molar-refractivity contribution in [2.24, 2.45) is 0 Å². The van der Waals surface area contributed by atoms with E-state index in [2.05, 4.69) is 32.5 Å². The van der Waals surface area contributed by atoms with E-state index in [1.54, 1.807) is 0 Å². The van der Waals surface area contributed by atoms with E-state index in [1.165, 1.54) is 5.56 Å². The summed E-state index contributed by atoms with van der Waals surface area (Å²) in [6.45, 7) is 5.94. The van der Waals surface area contributed by atoms with E-state index in [9.17, 15) is 4.79 Å². The maximum Gasteiger partial charge on any atom is 0.274 e. The Morgan fingerprint density at radius 1 is 1.11 bits per heavy atom. The van der Waals surface area contributed by atoms with Crippen LogP contribution in [0.15, 0.2) is 24.3 Å². The summed E-state index contributed by atoms with van der Waals surface area (Å²) in [6, 6.07) is 8.00. The molecule has 2 aliphatic rings. The Hall–Kier alpha value is -1.31. The first kappa shape index (κ1) is 23.0. The molecule has 2 aliphatic heterocycles. The molecule has 0 atom stereocenters. The number of hydrogen-bond donors (Lipinski definition) is 2. The molecule has 4 rings (SSSR count). The fourth-order valence-corrected chi connectivity index (χ4v) is 3.86. The molecule has 2 N–H and O–H groups in total. The summed E-state index contributed by atoms with van der Waals surface area (Å²) >= 11 is 5.96. The van der Waals surface area contributed by atoms with Gasteiger partial charge in [-0.3, -0.25) is 14.8 Å². The lowest BCUT2D eigenvalue weighted by molar-refractivity contribution is 0.0754. The van der Waals surface area contributed by atoms with Gasteiger partial charge in [-0.2, -0.15) is 5.10 Å². The Morgan fingerprint density at radius 3 is 2.68 bits per heavy atom. The molecule has 0 spiro atoms. The number of benzene rings is 1. The minimum Gasteiger partial charge on any atom is -0.336 e. The Bertz CT molecular complexity index is 780. The second-order valence-corrected chi connectivity index (χ2v) is 7.44. The van der Waals surface area contributed by atoms with Crippen LogP contribution >= 0.6 is 36.4 Å². The second-order valence-electron chi connectivity index (χ2n) is 7.00. The highest BCUT2D eigenvalue weighted by molar-refractivity contribution is 6.30. The van der Waals surface area contributed by atoms with Crippen LogP contribution in [-0.2, 0) is 19.5 Å². The quantitative estimate of drug-likeness (QED) is 0.761. The highest BCUT2D eigenvalue weighted by Crippen LogP contribution is 2.18. The first-order valence-corrected chi connectivity index (χ1v) is 9.61. The maximum absolute atomic E-state index is 13.0. The zero-order chi connectivity index (χ0) is 17.9. The van der Waals surface area contributed by atoms with Crippen LogP contribution in [0.1, 0.15) is 33.7 Å². The van der Waals surface area contributed by atoms with E-state index in [0.29, 0.717) is 5.69 Å². The summed E-state index contributed by atoms with van der Waals surface area (Å²) < 4.78 is 0. The molecule has 6 nitrogen and oxygen atoms in total. The molecule has 3 heterocycles. The van der Waals surface area contributed by atoms with Gasteiger partial charge in [-0.25, -0.2) is 0 Å². The van der Waals surface area contributed by atoms with Crippen LogP contribution in [0.4, 0.5) is 0 Å². The smallest absolute Gasteiger partial charge is 0.274 e. The van der Waals surface area contributed by atoms with Gasteiger partial charge in [0.25, 0.3) is 5.91 Å². The van der Waals surface area contributed by atoms with Crippen molar-refractivity contribution in [2.45, 2.75) is 25.9 Å². The number of hydrogen-bond acceptors (Lipinski definition) is 4. The van der Waals surface area contributed by atoms with Gasteiger partial charge in [0.1, 0.15) is 0 Å². The molecule has 0 aliphatic carbocycles. The monoisotopic (exact) mass is 445 g/mol. The Balaban J connectivity index is 0.00000140. The Kier molecular flexibility index (Phi) is 8.58. The van der Waals surface area contributed by atoms with Crippen molar-refractivity contribution < 1.29 is 4.79 Å². The van der Waals surface area contributed by atoms with E-state index in [4.69, 9.17) is 11.6 Å². The van der Waals surface area contributed by atoms with E-state index in [0.717, 1.165) is 74.9 Å². The van der Waals surface area contributed by atoms with Crippen molar-refractivity contribution in [3.63, 3.8) is 0 Å². The van der Waals surface area contributed by atoms with E-state index in [-0.39, 0.29) is 30.7 Å². The van der Waals surface area contributed by atoms with Crippen molar-refractivity contribution >= 4 is 42.3 Å². The summed E-state index contributed by atoms with van der Waals surface area (Å²) in [5, 5.41) is 11.5. The predicted molar refractivity (Wildman–Crippen MR) is 116 cm³/mol. The molecule has 1 saturated heterocycles. The van der Waals surface area contributed by atoms with Gasteiger partial charge in [-0.1, -0.05) is 23.7 Å². The minimum absolute atomic E-state index is 0. The SMILES string of the molecule is Cl.Cl.O=C(c1n[nH]c2c1CNCC2)N1CCCN(Cc2ccc(Cl)cc2)CC1. The van der Waals surface area contributed by atoms with Gasteiger partial charge >= 0.3 is 0 Å². The molecule has 154 valence electrons. The number of H-pyrrole nitrogens is 1. The number of halogens is 3. The van der Waals surface area contributed by atoms with Gasteiger partial charge in [0.05, 0.1) is 0 Å². The van der Waals surface area contributed by atoms with Crippen molar-refractivity contribution in [1.29, 1.82) is 0 Å². The third kappa shape index (κ3) is 5.19. The van der Waals surface area contributed by atoms with Crippen molar-refractivity contribution in [2.75, 3.05) is 32.7 Å². The van der Waals surface area contributed by atoms with Crippen LogP contribution in [0.3, 0.4) is 0 Å². The summed E-state index contributed by atoms with van der Waals surface area (Å²) in [4.78, 5) is 17.3. The van der Waals surface area contributed by atoms with Gasteiger partial charge in [-0.15, -0.1) is 24.8 Å². The van der Waals surface area contributed by atoms with Gasteiger partial charge in [0.15, 0.2) is 5.69 Å². The summed E-state index contributed by atoms with van der Waals surface area (Å²) in [5.41, 5.74) is 4.00. The van der Waals surface area contributed by atoms with E-state index < -0.39 is 0 Å². The Labute approximate surface area is 182 Å². The molecule has 0 unspecified atom stereocenters. The normalized spacial score (nSPS) is 17.1. The molecular formula is C19H26Cl3N5O. The van der Waals surface area contributed by atoms with Crippen LogP contribution in [0, 0.1) is 0 Å². The number of carbonyl (C=O) groups is 1. The molecule has 1 amide bonds. The number of aromatic amines is 1. The fourth-order valence-electron chi connectivity index (χ4n) is 3.73. The fraction of sp³-hybridized carbons (Fsp3) is 0.474. The van der Waals surface area contributed by atoms with Crippen LogP contribution in [0.25, 0.3) is 0 Å². The predicted octanol–water partition coefficient (Wildman–Crippen LogP) is 2.90. The van der Waals surface area contributed by atoms with Gasteiger partial charge in [0.2, 0.25) is 0 Å². The average Bonchev–Trinajstić information content (AvgIpc) is 2.95. The first-order chi connectivity index (χ1) is 12.7. The zero-order valence-electron chi connectivity index (χ0n) is 15.6. The molecule has 28 heavy (non-hydrogen) atoms.